The number of benzene rings is 1. The van der Waals surface area contributed by atoms with E-state index in [-0.39, 0.29) is 0 Å². The molecule has 0 radical (unpaired) electrons. The molecule has 88 valence electrons. The minimum absolute atomic E-state index is 0.547. The number of ether oxygens (including phenoxy) is 1. The summed E-state index contributed by atoms with van der Waals surface area (Å²) in [6, 6.07) is 4.56. The van der Waals surface area contributed by atoms with Gasteiger partial charge in [0, 0.05) is 5.56 Å². The standard InChI is InChI=1S/C15H22O/c1-10(2)13-8-7-12-6-5-9-16-15(12)14(13)11(3)4/h7-8,10-11H,5-6,9H2,1-4H3. The molecule has 1 aromatic carbocycles. The average Bonchev–Trinajstić information content (AvgIpc) is 2.27. The maximum Gasteiger partial charge on any atom is 0.126 e. The van der Waals surface area contributed by atoms with E-state index >= 15 is 0 Å². The van der Waals surface area contributed by atoms with Crippen LogP contribution >= 0.6 is 0 Å². The summed E-state index contributed by atoms with van der Waals surface area (Å²) in [5.74, 6) is 2.31. The summed E-state index contributed by atoms with van der Waals surface area (Å²) < 4.78 is 5.91. The third-order valence-corrected chi connectivity index (χ3v) is 3.35. The Bertz CT molecular complexity index is 377. The van der Waals surface area contributed by atoms with E-state index in [0.717, 1.165) is 13.0 Å². The van der Waals surface area contributed by atoms with Crippen molar-refractivity contribution in [3.05, 3.63) is 28.8 Å². The van der Waals surface area contributed by atoms with Gasteiger partial charge in [-0.25, -0.2) is 0 Å². The number of hydrogen-bond acceptors (Lipinski definition) is 1. The Morgan fingerprint density at radius 3 is 2.44 bits per heavy atom. The first-order valence-electron chi connectivity index (χ1n) is 6.39. The molecule has 0 fully saturated rings. The van der Waals surface area contributed by atoms with Crippen LogP contribution < -0.4 is 4.74 Å². The number of rotatable bonds is 2. The van der Waals surface area contributed by atoms with Crippen LogP contribution in [0.3, 0.4) is 0 Å². The molecule has 16 heavy (non-hydrogen) atoms. The van der Waals surface area contributed by atoms with Crippen molar-refractivity contribution in [3.8, 4) is 5.75 Å². The van der Waals surface area contributed by atoms with Gasteiger partial charge in [0.1, 0.15) is 5.75 Å². The maximum atomic E-state index is 5.91. The molecule has 2 rings (SSSR count). The summed E-state index contributed by atoms with van der Waals surface area (Å²) >= 11 is 0. The lowest BCUT2D eigenvalue weighted by Crippen LogP contribution is -2.13. The third-order valence-electron chi connectivity index (χ3n) is 3.35. The van der Waals surface area contributed by atoms with Gasteiger partial charge in [0.2, 0.25) is 0 Å². The second-order valence-corrected chi connectivity index (χ2v) is 5.32. The average molecular weight is 218 g/mol. The van der Waals surface area contributed by atoms with Crippen molar-refractivity contribution in [2.75, 3.05) is 6.61 Å². The molecular formula is C15H22O. The highest BCUT2D eigenvalue weighted by Gasteiger charge is 2.20. The highest BCUT2D eigenvalue weighted by molar-refractivity contribution is 5.50. The van der Waals surface area contributed by atoms with Crippen molar-refractivity contribution in [2.45, 2.75) is 52.4 Å². The molecule has 0 N–H and O–H groups in total. The monoisotopic (exact) mass is 218 g/mol. The SMILES string of the molecule is CC(C)c1ccc2c(c1C(C)C)OCCC2. The molecule has 1 aromatic rings. The van der Waals surface area contributed by atoms with Crippen LogP contribution in [0.5, 0.6) is 5.75 Å². The van der Waals surface area contributed by atoms with Crippen LogP contribution in [0.4, 0.5) is 0 Å². The summed E-state index contributed by atoms with van der Waals surface area (Å²) in [4.78, 5) is 0. The minimum atomic E-state index is 0.547. The maximum absolute atomic E-state index is 5.91. The first kappa shape index (κ1) is 11.5. The summed E-state index contributed by atoms with van der Waals surface area (Å²) in [5, 5.41) is 0. The molecule has 1 heteroatoms. The molecule has 0 aliphatic carbocycles. The first-order valence-corrected chi connectivity index (χ1v) is 6.39. The zero-order chi connectivity index (χ0) is 11.7. The first-order chi connectivity index (χ1) is 7.61. The molecule has 1 aliphatic heterocycles. The third kappa shape index (κ3) is 1.95. The molecule has 0 aromatic heterocycles. The van der Waals surface area contributed by atoms with Gasteiger partial charge < -0.3 is 4.74 Å². The molecule has 0 unspecified atom stereocenters. The Morgan fingerprint density at radius 2 is 1.81 bits per heavy atom. The van der Waals surface area contributed by atoms with E-state index in [1.807, 2.05) is 0 Å². The normalized spacial score (nSPS) is 15.1. The van der Waals surface area contributed by atoms with E-state index < -0.39 is 0 Å². The van der Waals surface area contributed by atoms with Crippen LogP contribution in [0.2, 0.25) is 0 Å². The Morgan fingerprint density at radius 1 is 1.06 bits per heavy atom. The van der Waals surface area contributed by atoms with E-state index in [1.165, 1.54) is 28.9 Å². The van der Waals surface area contributed by atoms with Crippen LogP contribution in [0, 0.1) is 0 Å². The number of hydrogen-bond donors (Lipinski definition) is 0. The van der Waals surface area contributed by atoms with Crippen molar-refractivity contribution in [1.29, 1.82) is 0 Å². The predicted molar refractivity (Wildman–Crippen MR) is 68.4 cm³/mol. The van der Waals surface area contributed by atoms with Gasteiger partial charge in [-0.3, -0.25) is 0 Å². The summed E-state index contributed by atoms with van der Waals surface area (Å²) in [7, 11) is 0. The van der Waals surface area contributed by atoms with E-state index in [0.29, 0.717) is 11.8 Å². The molecule has 0 amide bonds. The van der Waals surface area contributed by atoms with Crippen LogP contribution in [-0.2, 0) is 6.42 Å². The van der Waals surface area contributed by atoms with Gasteiger partial charge in [0.25, 0.3) is 0 Å². The molecular weight excluding hydrogens is 196 g/mol. The van der Waals surface area contributed by atoms with Gasteiger partial charge >= 0.3 is 0 Å². The van der Waals surface area contributed by atoms with Crippen LogP contribution in [-0.4, -0.2) is 6.61 Å². The Kier molecular flexibility index (Phi) is 3.22. The number of aryl methyl sites for hydroxylation is 1. The van der Waals surface area contributed by atoms with Crippen molar-refractivity contribution < 1.29 is 4.74 Å². The predicted octanol–water partition coefficient (Wildman–Crippen LogP) is 4.26. The van der Waals surface area contributed by atoms with Gasteiger partial charge in [-0.1, -0.05) is 39.8 Å². The fourth-order valence-corrected chi connectivity index (χ4v) is 2.56. The van der Waals surface area contributed by atoms with Crippen molar-refractivity contribution >= 4 is 0 Å². The lowest BCUT2D eigenvalue weighted by Gasteiger charge is -2.26. The zero-order valence-electron chi connectivity index (χ0n) is 10.8. The van der Waals surface area contributed by atoms with Crippen LogP contribution in [0.15, 0.2) is 12.1 Å². The van der Waals surface area contributed by atoms with Crippen molar-refractivity contribution in [2.24, 2.45) is 0 Å². The molecule has 0 bridgehead atoms. The van der Waals surface area contributed by atoms with Crippen LogP contribution in [0.1, 0.15) is 62.6 Å². The topological polar surface area (TPSA) is 9.23 Å². The van der Waals surface area contributed by atoms with Crippen molar-refractivity contribution in [1.82, 2.24) is 0 Å². The molecule has 1 nitrogen and oxygen atoms in total. The summed E-state index contributed by atoms with van der Waals surface area (Å²) in [6.45, 7) is 9.93. The van der Waals surface area contributed by atoms with Gasteiger partial charge in [0.15, 0.2) is 0 Å². The van der Waals surface area contributed by atoms with Crippen molar-refractivity contribution in [3.63, 3.8) is 0 Å². The quantitative estimate of drug-likeness (QED) is 0.720. The second-order valence-electron chi connectivity index (χ2n) is 5.32. The molecule has 1 aliphatic rings. The highest BCUT2D eigenvalue weighted by Crippen LogP contribution is 2.38. The van der Waals surface area contributed by atoms with Gasteiger partial charge in [-0.05, 0) is 35.8 Å². The van der Waals surface area contributed by atoms with Gasteiger partial charge in [-0.15, -0.1) is 0 Å². The van der Waals surface area contributed by atoms with E-state index in [1.54, 1.807) is 0 Å². The largest absolute Gasteiger partial charge is 0.493 e. The smallest absolute Gasteiger partial charge is 0.126 e. The second kappa shape index (κ2) is 4.48. The molecule has 0 saturated carbocycles. The zero-order valence-corrected chi connectivity index (χ0v) is 10.8. The summed E-state index contributed by atoms with van der Waals surface area (Å²) in [6.07, 6.45) is 2.33. The Hall–Kier alpha value is -0.980. The van der Waals surface area contributed by atoms with E-state index in [2.05, 4.69) is 39.8 Å². The van der Waals surface area contributed by atoms with Crippen LogP contribution in [0.25, 0.3) is 0 Å². The molecule has 1 heterocycles. The molecule has 0 saturated heterocycles. The Labute approximate surface area is 98.8 Å². The van der Waals surface area contributed by atoms with Gasteiger partial charge in [-0.2, -0.15) is 0 Å². The lowest BCUT2D eigenvalue weighted by atomic mass is 9.86. The Balaban J connectivity index is 2.57. The lowest BCUT2D eigenvalue weighted by molar-refractivity contribution is 0.283. The molecule has 0 atom stereocenters. The minimum Gasteiger partial charge on any atom is -0.493 e. The fraction of sp³-hybridized carbons (Fsp3) is 0.600. The van der Waals surface area contributed by atoms with E-state index in [9.17, 15) is 0 Å². The highest BCUT2D eigenvalue weighted by atomic mass is 16.5. The fourth-order valence-electron chi connectivity index (χ4n) is 2.56. The molecule has 0 spiro atoms. The summed E-state index contributed by atoms with van der Waals surface area (Å²) in [5.41, 5.74) is 4.29. The van der Waals surface area contributed by atoms with Gasteiger partial charge in [0.05, 0.1) is 6.61 Å². The van der Waals surface area contributed by atoms with E-state index in [4.69, 9.17) is 4.74 Å². The number of fused-ring (bicyclic) bond motifs is 1.